The van der Waals surface area contributed by atoms with Crippen molar-refractivity contribution in [2.75, 3.05) is 0 Å². The molecule has 0 aliphatic carbocycles. The van der Waals surface area contributed by atoms with Gasteiger partial charge in [0.1, 0.15) is 5.82 Å². The van der Waals surface area contributed by atoms with Gasteiger partial charge in [0.15, 0.2) is 0 Å². The Balaban J connectivity index is 2.80. The first-order chi connectivity index (χ1) is 4.34. The van der Waals surface area contributed by atoms with Crippen LogP contribution in [-0.2, 0) is 18.3 Å². The van der Waals surface area contributed by atoms with Crippen LogP contribution in [0.15, 0.2) is 12.4 Å². The van der Waals surface area contributed by atoms with E-state index >= 15 is 0 Å². The molecular weight excluding hydrogens is 116 g/mol. The fourth-order valence-electron chi connectivity index (χ4n) is 0.631. The van der Waals surface area contributed by atoms with E-state index in [9.17, 15) is 4.79 Å². The van der Waals surface area contributed by atoms with Crippen LogP contribution < -0.4 is 0 Å². The summed E-state index contributed by atoms with van der Waals surface area (Å²) in [5, 5.41) is 0. The van der Waals surface area contributed by atoms with Gasteiger partial charge in [-0.3, -0.25) is 4.79 Å². The highest BCUT2D eigenvalue weighted by molar-refractivity contribution is 5.53. The number of aryl methyl sites for hydroxylation is 1. The molecule has 0 aliphatic heterocycles. The molecule has 0 fully saturated rings. The first-order valence-electron chi connectivity index (χ1n) is 2.66. The van der Waals surface area contributed by atoms with Crippen molar-refractivity contribution in [1.82, 2.24) is 9.55 Å². The molecule has 9 heavy (non-hydrogen) atoms. The fourth-order valence-corrected chi connectivity index (χ4v) is 0.631. The zero-order valence-electron chi connectivity index (χ0n) is 5.16. The van der Waals surface area contributed by atoms with Crippen LogP contribution in [0.3, 0.4) is 0 Å². The number of imidazole rings is 1. The fraction of sp³-hybridized carbons (Fsp3) is 0.333. The maximum atomic E-state index is 9.85. The predicted octanol–water partition coefficient (Wildman–Crippen LogP) is 0.0723. The lowest BCUT2D eigenvalue weighted by Gasteiger charge is -1.91. The van der Waals surface area contributed by atoms with Gasteiger partial charge in [0.25, 0.3) is 0 Å². The summed E-state index contributed by atoms with van der Waals surface area (Å²) in [5.74, 6) is 0.755. The monoisotopic (exact) mass is 123 g/mol. The number of aromatic nitrogens is 2. The van der Waals surface area contributed by atoms with Gasteiger partial charge in [0.2, 0.25) is 6.29 Å². The lowest BCUT2D eigenvalue weighted by atomic mass is 10.4. The van der Waals surface area contributed by atoms with Gasteiger partial charge in [0.05, 0.1) is 6.42 Å². The molecule has 0 saturated carbocycles. The Hall–Kier alpha value is -1.12. The third-order valence-corrected chi connectivity index (χ3v) is 1.15. The van der Waals surface area contributed by atoms with Crippen LogP contribution in [0.25, 0.3) is 0 Å². The maximum Gasteiger partial charge on any atom is 0.206 e. The molecule has 0 aliphatic rings. The molecule has 0 saturated heterocycles. The van der Waals surface area contributed by atoms with Crippen molar-refractivity contribution in [3.05, 3.63) is 18.2 Å². The van der Waals surface area contributed by atoms with E-state index in [0.29, 0.717) is 0 Å². The Morgan fingerprint density at radius 3 is 3.11 bits per heavy atom. The number of nitrogens with zero attached hydrogens (tertiary/aromatic N) is 2. The van der Waals surface area contributed by atoms with Crippen LogP contribution in [0, 0.1) is 0 Å². The second kappa shape index (κ2) is 2.44. The average Bonchev–Trinajstić information content (AvgIpc) is 2.18. The van der Waals surface area contributed by atoms with Gasteiger partial charge in [-0.1, -0.05) is 0 Å². The molecule has 0 bridgehead atoms. The van der Waals surface area contributed by atoms with Gasteiger partial charge >= 0.3 is 0 Å². The zero-order chi connectivity index (χ0) is 6.69. The highest BCUT2D eigenvalue weighted by Gasteiger charge is 1.95. The van der Waals surface area contributed by atoms with E-state index in [-0.39, 0.29) is 6.42 Å². The van der Waals surface area contributed by atoms with Gasteiger partial charge in [-0.2, -0.15) is 0 Å². The van der Waals surface area contributed by atoms with Crippen molar-refractivity contribution in [3.8, 4) is 0 Å². The highest BCUT2D eigenvalue weighted by Crippen LogP contribution is 1.91. The van der Waals surface area contributed by atoms with Crippen LogP contribution in [0.4, 0.5) is 0 Å². The van der Waals surface area contributed by atoms with Crippen LogP contribution in [0.5, 0.6) is 0 Å². The minimum absolute atomic E-state index is 0.281. The van der Waals surface area contributed by atoms with E-state index in [1.165, 1.54) is 0 Å². The first kappa shape index (κ1) is 6.01. The quantitative estimate of drug-likeness (QED) is 0.558. The summed E-state index contributed by atoms with van der Waals surface area (Å²) >= 11 is 0. The lowest BCUT2D eigenvalue weighted by Crippen LogP contribution is -1.96. The zero-order valence-corrected chi connectivity index (χ0v) is 5.16. The molecule has 1 radical (unpaired) electrons. The summed E-state index contributed by atoms with van der Waals surface area (Å²) in [6, 6.07) is 0. The molecule has 0 atom stereocenters. The van der Waals surface area contributed by atoms with Crippen molar-refractivity contribution >= 4 is 6.29 Å². The first-order valence-corrected chi connectivity index (χ1v) is 2.66. The van der Waals surface area contributed by atoms with E-state index in [0.717, 1.165) is 5.82 Å². The maximum absolute atomic E-state index is 9.85. The SMILES string of the molecule is Cn1ccnc1C[C]=O. The normalized spacial score (nSPS) is 9.44. The van der Waals surface area contributed by atoms with E-state index in [2.05, 4.69) is 4.98 Å². The number of hydrogen-bond acceptors (Lipinski definition) is 2. The molecule has 47 valence electrons. The molecule has 1 aromatic rings. The minimum atomic E-state index is 0.281. The smallest absolute Gasteiger partial charge is 0.206 e. The van der Waals surface area contributed by atoms with Crippen LogP contribution in [0.2, 0.25) is 0 Å². The van der Waals surface area contributed by atoms with Gasteiger partial charge < -0.3 is 4.57 Å². The second-order valence-corrected chi connectivity index (χ2v) is 1.78. The number of hydrogen-bond donors (Lipinski definition) is 0. The summed E-state index contributed by atoms with van der Waals surface area (Å²) < 4.78 is 1.80. The van der Waals surface area contributed by atoms with Crippen LogP contribution in [-0.4, -0.2) is 15.8 Å². The Morgan fingerprint density at radius 1 is 1.89 bits per heavy atom. The van der Waals surface area contributed by atoms with Crippen molar-refractivity contribution in [1.29, 1.82) is 0 Å². The minimum Gasteiger partial charge on any atom is -0.338 e. The van der Waals surface area contributed by atoms with E-state index in [1.54, 1.807) is 23.2 Å². The molecule has 3 heteroatoms. The van der Waals surface area contributed by atoms with Crippen molar-refractivity contribution in [2.45, 2.75) is 6.42 Å². The number of carbonyl (C=O) groups excluding carboxylic acids is 1. The highest BCUT2D eigenvalue weighted by atomic mass is 16.1. The summed E-state index contributed by atoms with van der Waals surface area (Å²) in [4.78, 5) is 13.8. The summed E-state index contributed by atoms with van der Waals surface area (Å²) in [7, 11) is 1.85. The third-order valence-electron chi connectivity index (χ3n) is 1.15. The molecule has 1 aromatic heterocycles. The molecule has 0 N–H and O–H groups in total. The molecule has 3 nitrogen and oxygen atoms in total. The lowest BCUT2D eigenvalue weighted by molar-refractivity contribution is 0.553. The van der Waals surface area contributed by atoms with Crippen molar-refractivity contribution in [3.63, 3.8) is 0 Å². The van der Waals surface area contributed by atoms with Gasteiger partial charge in [0, 0.05) is 19.4 Å². The summed E-state index contributed by atoms with van der Waals surface area (Å²) in [6.07, 6.45) is 5.52. The Kier molecular flexibility index (Phi) is 1.63. The summed E-state index contributed by atoms with van der Waals surface area (Å²) in [5.41, 5.74) is 0. The van der Waals surface area contributed by atoms with Crippen molar-refractivity contribution < 1.29 is 4.79 Å². The molecule has 1 rings (SSSR count). The summed E-state index contributed by atoms with van der Waals surface area (Å²) in [6.45, 7) is 0. The van der Waals surface area contributed by atoms with E-state index in [1.807, 2.05) is 7.05 Å². The van der Waals surface area contributed by atoms with E-state index < -0.39 is 0 Å². The second-order valence-electron chi connectivity index (χ2n) is 1.78. The molecule has 0 unspecified atom stereocenters. The number of rotatable bonds is 2. The van der Waals surface area contributed by atoms with Gasteiger partial charge in [-0.25, -0.2) is 4.98 Å². The third kappa shape index (κ3) is 1.16. The predicted molar refractivity (Wildman–Crippen MR) is 32.6 cm³/mol. The Labute approximate surface area is 53.3 Å². The molecule has 0 spiro atoms. The van der Waals surface area contributed by atoms with Crippen LogP contribution in [0.1, 0.15) is 5.82 Å². The van der Waals surface area contributed by atoms with Gasteiger partial charge in [-0.15, -0.1) is 0 Å². The largest absolute Gasteiger partial charge is 0.338 e. The van der Waals surface area contributed by atoms with Gasteiger partial charge in [-0.05, 0) is 0 Å². The Bertz CT molecular complexity index is 205. The molecule has 0 aromatic carbocycles. The molecular formula is C6H7N2O. The average molecular weight is 123 g/mol. The topological polar surface area (TPSA) is 34.9 Å². The molecule has 0 amide bonds. The van der Waals surface area contributed by atoms with Crippen LogP contribution >= 0.6 is 0 Å². The molecule has 1 heterocycles. The van der Waals surface area contributed by atoms with Crippen molar-refractivity contribution in [2.24, 2.45) is 7.05 Å². The standard InChI is InChI=1S/C6H7N2O/c1-8-4-3-7-6(8)2-5-9/h3-4H,2H2,1H3. The Morgan fingerprint density at radius 2 is 2.67 bits per heavy atom. The van der Waals surface area contributed by atoms with E-state index in [4.69, 9.17) is 0 Å².